The minimum atomic E-state index is -4.54. The molecule has 37 heavy (non-hydrogen) atoms. The predicted molar refractivity (Wildman–Crippen MR) is 119 cm³/mol. The fraction of sp³-hybridized carbons (Fsp3) is 0.375. The second-order valence-corrected chi connectivity index (χ2v) is 7.79. The Balaban J connectivity index is 2.08. The van der Waals surface area contributed by atoms with Crippen molar-refractivity contribution in [1.29, 1.82) is 0 Å². The Labute approximate surface area is 208 Å². The van der Waals surface area contributed by atoms with E-state index >= 15 is 0 Å². The SMILES string of the molecule is CC(=O)OCCNC(=O)C(Cc1ccc(C(F)(F)F)cc1)NC(=O)c1ccc(OCCC(F)(F)F)cc1. The molecular weight excluding hydrogens is 510 g/mol. The number of ether oxygens (including phenoxy) is 2. The highest BCUT2D eigenvalue weighted by Gasteiger charge is 2.30. The molecule has 0 aliphatic rings. The van der Waals surface area contributed by atoms with Gasteiger partial charge in [-0.25, -0.2) is 0 Å². The summed E-state index contributed by atoms with van der Waals surface area (Å²) in [5.74, 6) is -1.85. The van der Waals surface area contributed by atoms with Crippen molar-refractivity contribution in [3.8, 4) is 5.75 Å². The number of benzene rings is 2. The molecule has 1 unspecified atom stereocenters. The van der Waals surface area contributed by atoms with E-state index in [1.54, 1.807) is 0 Å². The maximum Gasteiger partial charge on any atom is 0.416 e. The molecule has 0 aliphatic heterocycles. The third kappa shape index (κ3) is 10.8. The van der Waals surface area contributed by atoms with E-state index in [0.29, 0.717) is 5.56 Å². The van der Waals surface area contributed by atoms with Gasteiger partial charge in [0, 0.05) is 18.9 Å². The monoisotopic (exact) mass is 534 g/mol. The summed E-state index contributed by atoms with van der Waals surface area (Å²) in [6, 6.07) is 8.00. The van der Waals surface area contributed by atoms with Crippen LogP contribution >= 0.6 is 0 Å². The zero-order valence-electron chi connectivity index (χ0n) is 19.5. The molecule has 13 heteroatoms. The number of esters is 1. The van der Waals surface area contributed by atoms with Crippen molar-refractivity contribution >= 4 is 17.8 Å². The number of carbonyl (C=O) groups is 3. The van der Waals surface area contributed by atoms with Gasteiger partial charge in [-0.2, -0.15) is 26.3 Å². The topological polar surface area (TPSA) is 93.7 Å². The smallest absolute Gasteiger partial charge is 0.416 e. The standard InChI is InChI=1S/C24H24F6N2O5/c1-15(33)36-13-11-31-22(35)20(14-16-2-6-18(7-3-16)24(28,29)30)32-21(34)17-4-8-19(9-5-17)37-12-10-23(25,26)27/h2-9,20H,10-14H2,1H3,(H,31,35)(H,32,34). The fourth-order valence-electron chi connectivity index (χ4n) is 3.00. The molecule has 0 heterocycles. The Morgan fingerprint density at radius 3 is 2.05 bits per heavy atom. The number of carbonyl (C=O) groups excluding carboxylic acids is 3. The second-order valence-electron chi connectivity index (χ2n) is 7.79. The van der Waals surface area contributed by atoms with Gasteiger partial charge >= 0.3 is 18.3 Å². The van der Waals surface area contributed by atoms with Gasteiger partial charge in [-0.15, -0.1) is 0 Å². The van der Waals surface area contributed by atoms with Crippen LogP contribution in [0.15, 0.2) is 48.5 Å². The number of halogens is 6. The average Bonchev–Trinajstić information content (AvgIpc) is 2.80. The Kier molecular flexibility index (Phi) is 10.3. The van der Waals surface area contributed by atoms with Crippen molar-refractivity contribution < 1.29 is 50.2 Å². The normalized spacial score (nSPS) is 12.4. The molecule has 0 radical (unpaired) electrons. The van der Waals surface area contributed by atoms with Crippen LogP contribution in [0.1, 0.15) is 34.8 Å². The Morgan fingerprint density at radius 1 is 0.892 bits per heavy atom. The predicted octanol–water partition coefficient (Wildman–Crippen LogP) is 4.06. The van der Waals surface area contributed by atoms with Crippen LogP contribution in [0.5, 0.6) is 5.75 Å². The molecule has 0 saturated heterocycles. The molecule has 2 aromatic rings. The van der Waals surface area contributed by atoms with Crippen molar-refractivity contribution in [2.75, 3.05) is 19.8 Å². The van der Waals surface area contributed by atoms with Crippen LogP contribution in [-0.2, 0) is 26.9 Å². The van der Waals surface area contributed by atoms with Crippen LogP contribution in [0.3, 0.4) is 0 Å². The summed E-state index contributed by atoms with van der Waals surface area (Å²) in [5.41, 5.74) is -0.477. The van der Waals surface area contributed by atoms with Gasteiger partial charge in [-0.3, -0.25) is 14.4 Å². The minimum absolute atomic E-state index is 0.0632. The van der Waals surface area contributed by atoms with E-state index in [0.717, 1.165) is 12.1 Å². The van der Waals surface area contributed by atoms with Gasteiger partial charge in [0.15, 0.2) is 0 Å². The van der Waals surface area contributed by atoms with Gasteiger partial charge < -0.3 is 20.1 Å². The number of amides is 2. The summed E-state index contributed by atoms with van der Waals surface area (Å²) in [6.45, 7) is 0.388. The van der Waals surface area contributed by atoms with Crippen LogP contribution < -0.4 is 15.4 Å². The van der Waals surface area contributed by atoms with Crippen LogP contribution in [-0.4, -0.2) is 49.8 Å². The molecule has 2 amide bonds. The largest absolute Gasteiger partial charge is 0.493 e. The van der Waals surface area contributed by atoms with Gasteiger partial charge in [-0.1, -0.05) is 12.1 Å². The maximum absolute atomic E-state index is 12.8. The molecule has 0 aromatic heterocycles. The van der Waals surface area contributed by atoms with Crippen LogP contribution in [0.25, 0.3) is 0 Å². The lowest BCUT2D eigenvalue weighted by Crippen LogP contribution is -2.48. The van der Waals surface area contributed by atoms with Crippen molar-refractivity contribution in [3.05, 3.63) is 65.2 Å². The van der Waals surface area contributed by atoms with E-state index < -0.39 is 54.8 Å². The summed E-state index contributed by atoms with van der Waals surface area (Å²) < 4.78 is 84.9. The number of nitrogens with one attached hydrogen (secondary N) is 2. The maximum atomic E-state index is 12.8. The van der Waals surface area contributed by atoms with Crippen molar-refractivity contribution in [1.82, 2.24) is 10.6 Å². The number of hydrogen-bond donors (Lipinski definition) is 2. The Morgan fingerprint density at radius 2 is 1.51 bits per heavy atom. The van der Waals surface area contributed by atoms with Crippen LogP contribution in [0, 0.1) is 0 Å². The molecule has 202 valence electrons. The Bertz CT molecular complexity index is 1050. The summed E-state index contributed by atoms with van der Waals surface area (Å²) in [6.07, 6.45) is -10.2. The molecule has 0 saturated carbocycles. The summed E-state index contributed by atoms with van der Waals surface area (Å²) in [5, 5.41) is 4.96. The third-order valence-electron chi connectivity index (χ3n) is 4.82. The highest BCUT2D eigenvalue weighted by molar-refractivity contribution is 5.97. The minimum Gasteiger partial charge on any atom is -0.493 e. The summed E-state index contributed by atoms with van der Waals surface area (Å²) in [4.78, 5) is 36.3. The molecule has 2 N–H and O–H groups in total. The first-order valence-corrected chi connectivity index (χ1v) is 10.9. The zero-order valence-corrected chi connectivity index (χ0v) is 19.5. The Hall–Kier alpha value is -3.77. The summed E-state index contributed by atoms with van der Waals surface area (Å²) in [7, 11) is 0. The lowest BCUT2D eigenvalue weighted by molar-refractivity contribution is -0.141. The number of hydrogen-bond acceptors (Lipinski definition) is 5. The molecule has 0 spiro atoms. The number of alkyl halides is 6. The van der Waals surface area contributed by atoms with Gasteiger partial charge in [-0.05, 0) is 42.0 Å². The second kappa shape index (κ2) is 13.0. The third-order valence-corrected chi connectivity index (χ3v) is 4.82. The molecule has 1 atom stereocenters. The quantitative estimate of drug-likeness (QED) is 0.258. The van der Waals surface area contributed by atoms with Crippen molar-refractivity contribution in [2.45, 2.75) is 38.2 Å². The molecule has 7 nitrogen and oxygen atoms in total. The highest BCUT2D eigenvalue weighted by atomic mass is 19.4. The molecule has 0 fully saturated rings. The van der Waals surface area contributed by atoms with E-state index in [4.69, 9.17) is 9.47 Å². The molecule has 2 rings (SSSR count). The highest BCUT2D eigenvalue weighted by Crippen LogP contribution is 2.29. The van der Waals surface area contributed by atoms with E-state index in [1.807, 2.05) is 0 Å². The average molecular weight is 534 g/mol. The molecular formula is C24H24F6N2O5. The van der Waals surface area contributed by atoms with Gasteiger partial charge in [0.05, 0.1) is 25.1 Å². The van der Waals surface area contributed by atoms with Gasteiger partial charge in [0.25, 0.3) is 5.91 Å². The molecule has 0 bridgehead atoms. The fourth-order valence-corrected chi connectivity index (χ4v) is 3.00. The van der Waals surface area contributed by atoms with E-state index in [-0.39, 0.29) is 30.9 Å². The zero-order chi connectivity index (χ0) is 27.6. The van der Waals surface area contributed by atoms with Gasteiger partial charge in [0.2, 0.25) is 5.91 Å². The first kappa shape index (κ1) is 29.5. The molecule has 0 aliphatic carbocycles. The van der Waals surface area contributed by atoms with Crippen molar-refractivity contribution in [3.63, 3.8) is 0 Å². The lowest BCUT2D eigenvalue weighted by atomic mass is 10.0. The van der Waals surface area contributed by atoms with E-state index in [2.05, 4.69) is 10.6 Å². The first-order valence-electron chi connectivity index (χ1n) is 10.9. The summed E-state index contributed by atoms with van der Waals surface area (Å²) >= 11 is 0. The van der Waals surface area contributed by atoms with E-state index in [1.165, 1.54) is 43.3 Å². The van der Waals surface area contributed by atoms with E-state index in [9.17, 15) is 40.7 Å². The van der Waals surface area contributed by atoms with Crippen molar-refractivity contribution in [2.24, 2.45) is 0 Å². The first-order chi connectivity index (χ1) is 17.2. The van der Waals surface area contributed by atoms with Crippen LogP contribution in [0.4, 0.5) is 26.3 Å². The lowest BCUT2D eigenvalue weighted by Gasteiger charge is -2.19. The van der Waals surface area contributed by atoms with Crippen LogP contribution in [0.2, 0.25) is 0 Å². The van der Waals surface area contributed by atoms with Gasteiger partial charge in [0.1, 0.15) is 18.4 Å². The molecule has 2 aromatic carbocycles. The number of rotatable bonds is 11.